The van der Waals surface area contributed by atoms with Crippen LogP contribution in [0.4, 0.5) is 0 Å². The lowest BCUT2D eigenvalue weighted by Gasteiger charge is -2.06. The van der Waals surface area contributed by atoms with Gasteiger partial charge < -0.3 is 20.7 Å². The summed E-state index contributed by atoms with van der Waals surface area (Å²) in [7, 11) is 0. The van der Waals surface area contributed by atoms with Crippen molar-refractivity contribution >= 4 is 0 Å². The summed E-state index contributed by atoms with van der Waals surface area (Å²) in [6, 6.07) is 0. The van der Waals surface area contributed by atoms with Gasteiger partial charge in [-0.05, 0) is 13.1 Å². The Morgan fingerprint density at radius 1 is 0.714 bits per heavy atom. The maximum Gasteiger partial charge on any atom is 0.0591 e. The van der Waals surface area contributed by atoms with Crippen LogP contribution in [0, 0.1) is 0 Å². The van der Waals surface area contributed by atoms with Crippen molar-refractivity contribution in [1.29, 1.82) is 0 Å². The molecule has 0 rings (SSSR count). The lowest BCUT2D eigenvalue weighted by atomic mass is 10.5. The molecule has 0 spiro atoms. The van der Waals surface area contributed by atoms with Crippen molar-refractivity contribution in [2.24, 2.45) is 0 Å². The van der Waals surface area contributed by atoms with Gasteiger partial charge in [-0.3, -0.25) is 0 Å². The van der Waals surface area contributed by atoms with E-state index in [1.165, 1.54) is 0 Å². The van der Waals surface area contributed by atoms with Gasteiger partial charge in [0.25, 0.3) is 0 Å². The van der Waals surface area contributed by atoms with Crippen molar-refractivity contribution in [3.05, 3.63) is 0 Å². The van der Waals surface area contributed by atoms with Crippen molar-refractivity contribution < 1.29 is 4.74 Å². The number of likely N-dealkylation sites (N-methyl/N-ethyl adjacent to an activating group) is 2. The molecule has 0 aromatic carbocycles. The highest BCUT2D eigenvalue weighted by atomic mass is 16.5. The number of ether oxygens (including phenoxy) is 1. The predicted molar refractivity (Wildman–Crippen MR) is 60.8 cm³/mol. The molecule has 14 heavy (non-hydrogen) atoms. The molecule has 0 aliphatic rings. The SMILES string of the molecule is CCNCCNCCOCCNCC. The zero-order valence-corrected chi connectivity index (χ0v) is 9.57. The molecule has 0 radical (unpaired) electrons. The first kappa shape index (κ1) is 13.8. The van der Waals surface area contributed by atoms with Gasteiger partial charge in [0, 0.05) is 26.2 Å². The van der Waals surface area contributed by atoms with E-state index in [1.54, 1.807) is 0 Å². The molecule has 4 heteroatoms. The van der Waals surface area contributed by atoms with Crippen molar-refractivity contribution in [1.82, 2.24) is 16.0 Å². The second-order valence-corrected chi connectivity index (χ2v) is 3.07. The Hall–Kier alpha value is -0.160. The lowest BCUT2D eigenvalue weighted by molar-refractivity contribution is 0.138. The molecule has 86 valence electrons. The Morgan fingerprint density at radius 3 is 1.86 bits per heavy atom. The molecule has 4 nitrogen and oxygen atoms in total. The van der Waals surface area contributed by atoms with Gasteiger partial charge in [-0.2, -0.15) is 0 Å². The van der Waals surface area contributed by atoms with Crippen LogP contribution < -0.4 is 16.0 Å². The third-order valence-electron chi connectivity index (χ3n) is 1.82. The van der Waals surface area contributed by atoms with Crippen LogP contribution in [0.3, 0.4) is 0 Å². The number of nitrogens with one attached hydrogen (secondary N) is 3. The molecule has 0 saturated carbocycles. The normalized spacial score (nSPS) is 10.7. The van der Waals surface area contributed by atoms with Crippen LogP contribution in [0.5, 0.6) is 0 Å². The van der Waals surface area contributed by atoms with Gasteiger partial charge in [0.1, 0.15) is 0 Å². The first-order chi connectivity index (χ1) is 6.91. The van der Waals surface area contributed by atoms with Crippen LogP contribution in [-0.2, 0) is 4.74 Å². The van der Waals surface area contributed by atoms with E-state index in [0.29, 0.717) is 0 Å². The van der Waals surface area contributed by atoms with Crippen LogP contribution in [0.25, 0.3) is 0 Å². The molecule has 0 aliphatic carbocycles. The Morgan fingerprint density at radius 2 is 1.21 bits per heavy atom. The monoisotopic (exact) mass is 203 g/mol. The Bertz CT molecular complexity index is 89.4. The standard InChI is InChI=1S/C10H25N3O/c1-3-11-5-6-13-8-10-14-9-7-12-4-2/h11-13H,3-10H2,1-2H3. The third kappa shape index (κ3) is 11.8. The molecule has 0 aliphatic heterocycles. The van der Waals surface area contributed by atoms with E-state index in [1.807, 2.05) is 0 Å². The Kier molecular flexibility index (Phi) is 12.7. The van der Waals surface area contributed by atoms with Crippen LogP contribution >= 0.6 is 0 Å². The lowest BCUT2D eigenvalue weighted by Crippen LogP contribution is -2.30. The highest BCUT2D eigenvalue weighted by molar-refractivity contribution is 4.49. The second-order valence-electron chi connectivity index (χ2n) is 3.07. The van der Waals surface area contributed by atoms with Gasteiger partial charge >= 0.3 is 0 Å². The fourth-order valence-corrected chi connectivity index (χ4v) is 1.05. The van der Waals surface area contributed by atoms with Gasteiger partial charge in [-0.15, -0.1) is 0 Å². The molecule has 0 unspecified atom stereocenters. The maximum atomic E-state index is 5.40. The average Bonchev–Trinajstić information content (AvgIpc) is 2.21. The van der Waals surface area contributed by atoms with E-state index in [0.717, 1.165) is 52.5 Å². The molecule has 0 bridgehead atoms. The molecule has 0 aromatic heterocycles. The fourth-order valence-electron chi connectivity index (χ4n) is 1.05. The molecule has 0 fully saturated rings. The molecule has 3 N–H and O–H groups in total. The average molecular weight is 203 g/mol. The van der Waals surface area contributed by atoms with Crippen molar-refractivity contribution in [3.8, 4) is 0 Å². The van der Waals surface area contributed by atoms with Gasteiger partial charge in [0.05, 0.1) is 13.2 Å². The van der Waals surface area contributed by atoms with Crippen LogP contribution in [0.15, 0.2) is 0 Å². The predicted octanol–water partition coefficient (Wildman–Crippen LogP) is -0.188. The molecule has 0 heterocycles. The van der Waals surface area contributed by atoms with Gasteiger partial charge in [-0.1, -0.05) is 13.8 Å². The first-order valence-corrected chi connectivity index (χ1v) is 5.61. The van der Waals surface area contributed by atoms with E-state index in [-0.39, 0.29) is 0 Å². The second kappa shape index (κ2) is 12.8. The minimum atomic E-state index is 0.803. The number of hydrogen-bond donors (Lipinski definition) is 3. The maximum absolute atomic E-state index is 5.40. The van der Waals surface area contributed by atoms with Crippen molar-refractivity contribution in [2.45, 2.75) is 13.8 Å². The molecular weight excluding hydrogens is 178 g/mol. The summed E-state index contributed by atoms with van der Waals surface area (Å²) in [5, 5.41) is 9.77. The van der Waals surface area contributed by atoms with E-state index in [2.05, 4.69) is 29.8 Å². The minimum Gasteiger partial charge on any atom is -0.379 e. The van der Waals surface area contributed by atoms with Gasteiger partial charge in [0.15, 0.2) is 0 Å². The molecule has 0 aromatic rings. The van der Waals surface area contributed by atoms with E-state index in [9.17, 15) is 0 Å². The Balaban J connectivity index is 2.78. The van der Waals surface area contributed by atoms with Crippen molar-refractivity contribution in [3.63, 3.8) is 0 Å². The molecular formula is C10H25N3O. The summed E-state index contributed by atoms with van der Waals surface area (Å²) in [5.74, 6) is 0. The molecule has 0 atom stereocenters. The van der Waals surface area contributed by atoms with Crippen molar-refractivity contribution in [2.75, 3.05) is 52.5 Å². The fraction of sp³-hybridized carbons (Fsp3) is 1.00. The third-order valence-corrected chi connectivity index (χ3v) is 1.82. The zero-order chi connectivity index (χ0) is 10.5. The zero-order valence-electron chi connectivity index (χ0n) is 9.57. The smallest absolute Gasteiger partial charge is 0.0591 e. The minimum absolute atomic E-state index is 0.803. The van der Waals surface area contributed by atoms with E-state index >= 15 is 0 Å². The van der Waals surface area contributed by atoms with Gasteiger partial charge in [0.2, 0.25) is 0 Å². The number of rotatable bonds is 11. The van der Waals surface area contributed by atoms with Crippen LogP contribution in [0.2, 0.25) is 0 Å². The summed E-state index contributed by atoms with van der Waals surface area (Å²) in [6.45, 7) is 11.8. The summed E-state index contributed by atoms with van der Waals surface area (Å²) in [6.07, 6.45) is 0. The van der Waals surface area contributed by atoms with Gasteiger partial charge in [-0.25, -0.2) is 0 Å². The summed E-state index contributed by atoms with van der Waals surface area (Å²) < 4.78 is 5.40. The summed E-state index contributed by atoms with van der Waals surface area (Å²) in [5.41, 5.74) is 0. The van der Waals surface area contributed by atoms with E-state index < -0.39 is 0 Å². The highest BCUT2D eigenvalue weighted by Crippen LogP contribution is 1.71. The molecule has 0 saturated heterocycles. The first-order valence-electron chi connectivity index (χ1n) is 5.61. The Labute approximate surface area is 87.8 Å². The topological polar surface area (TPSA) is 45.3 Å². The van der Waals surface area contributed by atoms with E-state index in [4.69, 9.17) is 4.74 Å². The largest absolute Gasteiger partial charge is 0.379 e. The van der Waals surface area contributed by atoms with Crippen LogP contribution in [0.1, 0.15) is 13.8 Å². The number of hydrogen-bond acceptors (Lipinski definition) is 4. The summed E-state index contributed by atoms with van der Waals surface area (Å²) in [4.78, 5) is 0. The summed E-state index contributed by atoms with van der Waals surface area (Å²) >= 11 is 0. The highest BCUT2D eigenvalue weighted by Gasteiger charge is 1.88. The van der Waals surface area contributed by atoms with Crippen LogP contribution in [-0.4, -0.2) is 52.5 Å². The molecule has 0 amide bonds. The quantitative estimate of drug-likeness (QED) is 0.407.